The van der Waals surface area contributed by atoms with Crippen molar-refractivity contribution >= 4 is 51.5 Å². The molecule has 3 aromatic rings. The molecular weight excluding hydrogens is 651 g/mol. The monoisotopic (exact) mass is 692 g/mol. The highest BCUT2D eigenvalue weighted by atomic mass is 35.5. The first-order valence-corrected chi connectivity index (χ1v) is 20.1. The Morgan fingerprint density at radius 1 is 0.978 bits per heavy atom. The summed E-state index contributed by atoms with van der Waals surface area (Å²) in [5, 5.41) is 0.688. The third-order valence-electron chi connectivity index (χ3n) is 8.69. The lowest BCUT2D eigenvalue weighted by atomic mass is 10.1. The van der Waals surface area contributed by atoms with Gasteiger partial charge in [0.2, 0.25) is 0 Å². The largest absolute Gasteiger partial charge is 0.434 e. The second-order valence-corrected chi connectivity index (χ2v) is 22.4. The molecule has 45 heavy (non-hydrogen) atoms. The molecule has 0 N–H and O–H groups in total. The van der Waals surface area contributed by atoms with E-state index in [-0.39, 0.29) is 40.4 Å². The van der Waals surface area contributed by atoms with E-state index in [0.717, 1.165) is 0 Å². The van der Waals surface area contributed by atoms with Crippen LogP contribution in [0.1, 0.15) is 61.6 Å². The molecule has 4 atom stereocenters. The lowest BCUT2D eigenvalue weighted by molar-refractivity contribution is -0.0635. The second kappa shape index (κ2) is 13.6. The predicted octanol–water partition coefficient (Wildman–Crippen LogP) is 7.80. The van der Waals surface area contributed by atoms with Crippen molar-refractivity contribution < 1.29 is 27.2 Å². The number of rotatable bonds is 9. The van der Waals surface area contributed by atoms with Crippen molar-refractivity contribution in [2.24, 2.45) is 0 Å². The van der Waals surface area contributed by atoms with E-state index in [1.54, 1.807) is 29.1 Å². The quantitative estimate of drug-likeness (QED) is 0.164. The molecule has 1 aromatic carbocycles. The number of fused-ring (bicyclic) bond motifs is 2. The minimum atomic E-state index is -2.95. The lowest BCUT2D eigenvalue weighted by Gasteiger charge is -2.51. The Kier molecular flexibility index (Phi) is 10.3. The summed E-state index contributed by atoms with van der Waals surface area (Å²) in [7, 11) is -5.72. The molecule has 2 saturated heterocycles. The average Bonchev–Trinajstić information content (AvgIpc) is 3.54. The minimum absolute atomic E-state index is 0.0639. The Morgan fingerprint density at radius 3 is 2.22 bits per heavy atom. The number of nitrogens with zero attached hydrogens (tertiary/aromatic N) is 4. The number of terminal acetylenes is 1. The Labute approximate surface area is 277 Å². The van der Waals surface area contributed by atoms with Crippen molar-refractivity contribution in [2.75, 3.05) is 13.2 Å². The smallest absolute Gasteiger partial charge is 0.335 e. The van der Waals surface area contributed by atoms with Crippen LogP contribution in [-0.2, 0) is 22.4 Å². The van der Waals surface area contributed by atoms with Crippen LogP contribution in [0.15, 0.2) is 30.9 Å². The number of benzene rings is 1. The molecule has 14 heteroatoms. The van der Waals surface area contributed by atoms with Crippen LogP contribution in [0.3, 0.4) is 0 Å². The van der Waals surface area contributed by atoms with Gasteiger partial charge < -0.3 is 27.2 Å². The van der Waals surface area contributed by atoms with Crippen LogP contribution in [0.4, 0.5) is 0 Å². The summed E-state index contributed by atoms with van der Waals surface area (Å²) in [5.74, 6) is 3.08. The SMILES string of the molecule is C#CCO[C@@H]1[C@@H]2O[Si](C(C)C)(C(C)C)O[Si](C(C)C)(C(C)C)OC[C@H]2O[C@H]1n1cnc2c(Oc3c(Cl)cccc3Cl)ncnc21. The van der Waals surface area contributed by atoms with Crippen LogP contribution in [0.5, 0.6) is 11.6 Å². The van der Waals surface area contributed by atoms with E-state index in [9.17, 15) is 0 Å². The molecule has 0 bridgehead atoms. The first-order valence-electron chi connectivity index (χ1n) is 15.4. The van der Waals surface area contributed by atoms with Gasteiger partial charge >= 0.3 is 17.1 Å². The molecule has 0 amide bonds. The van der Waals surface area contributed by atoms with Gasteiger partial charge in [-0.05, 0) is 34.3 Å². The highest BCUT2D eigenvalue weighted by molar-refractivity contribution is 6.84. The highest BCUT2D eigenvalue weighted by Gasteiger charge is 2.62. The zero-order valence-electron chi connectivity index (χ0n) is 27.0. The van der Waals surface area contributed by atoms with Crippen LogP contribution in [0.25, 0.3) is 11.2 Å². The van der Waals surface area contributed by atoms with Crippen LogP contribution in [-0.4, -0.2) is 68.2 Å². The van der Waals surface area contributed by atoms with E-state index in [2.05, 4.69) is 76.3 Å². The Bertz CT molecular complexity index is 1510. The van der Waals surface area contributed by atoms with Crippen molar-refractivity contribution in [3.05, 3.63) is 40.9 Å². The van der Waals surface area contributed by atoms with Crippen LogP contribution in [0.2, 0.25) is 32.2 Å². The fourth-order valence-corrected chi connectivity index (χ4v) is 18.1. The fraction of sp³-hybridized carbons (Fsp3) is 0.581. The van der Waals surface area contributed by atoms with Crippen molar-refractivity contribution in [3.63, 3.8) is 0 Å². The number of hydrogen-bond acceptors (Lipinski definition) is 9. The number of imidazole rings is 1. The number of halogens is 2. The van der Waals surface area contributed by atoms with E-state index >= 15 is 0 Å². The molecule has 0 unspecified atom stereocenters. The van der Waals surface area contributed by atoms with Gasteiger partial charge in [-0.3, -0.25) is 4.57 Å². The van der Waals surface area contributed by atoms with Crippen molar-refractivity contribution in [1.29, 1.82) is 0 Å². The van der Waals surface area contributed by atoms with Crippen molar-refractivity contribution in [2.45, 2.75) is 102 Å². The molecule has 244 valence electrons. The van der Waals surface area contributed by atoms with Gasteiger partial charge in [0, 0.05) is 0 Å². The maximum Gasteiger partial charge on any atom is 0.335 e. The number of hydrogen-bond donors (Lipinski definition) is 0. The lowest BCUT2D eigenvalue weighted by Crippen LogP contribution is -2.66. The molecule has 4 heterocycles. The number of ether oxygens (including phenoxy) is 3. The van der Waals surface area contributed by atoms with Gasteiger partial charge in [-0.15, -0.1) is 6.42 Å². The molecule has 2 aliphatic heterocycles. The molecule has 2 fully saturated rings. The van der Waals surface area contributed by atoms with Gasteiger partial charge in [-0.25, -0.2) is 9.97 Å². The molecule has 5 rings (SSSR count). The standard InChI is InChI=1S/C31H42Cl2N4O6Si2/c1-10-14-38-28-27-24(15-39-44(18(2)3,19(4)5)43-45(42-27,20(6)7)21(8)9)40-31(28)37-17-36-25-29(37)34-16-35-30(25)41-26-22(32)12-11-13-23(26)33/h1,11-13,16-21,24,27-28,31H,14-15H2,2-9H3/t24-,27-,28-,31-/m1/s1. The van der Waals surface area contributed by atoms with Gasteiger partial charge in [-0.1, -0.05) is 90.6 Å². The van der Waals surface area contributed by atoms with Crippen LogP contribution in [0, 0.1) is 12.3 Å². The molecule has 10 nitrogen and oxygen atoms in total. The maximum absolute atomic E-state index is 7.37. The average molecular weight is 694 g/mol. The third-order valence-corrected chi connectivity index (χ3v) is 19.5. The summed E-state index contributed by atoms with van der Waals surface area (Å²) in [5.41, 5.74) is 1.54. The summed E-state index contributed by atoms with van der Waals surface area (Å²) < 4.78 is 42.6. The molecule has 0 aliphatic carbocycles. The topological polar surface area (TPSA) is 99.0 Å². The first-order chi connectivity index (χ1) is 21.4. The summed E-state index contributed by atoms with van der Waals surface area (Å²) >= 11 is 12.7. The number of para-hydroxylation sites is 1. The normalized spacial score (nSPS) is 24.6. The van der Waals surface area contributed by atoms with Crippen molar-refractivity contribution in [3.8, 4) is 24.0 Å². The first kappa shape index (κ1) is 34.3. The molecule has 2 aromatic heterocycles. The summed E-state index contributed by atoms with van der Waals surface area (Å²) in [6.45, 7) is 17.8. The van der Waals surface area contributed by atoms with E-state index < -0.39 is 41.7 Å². The molecule has 0 radical (unpaired) electrons. The van der Waals surface area contributed by atoms with E-state index in [4.69, 9.17) is 56.8 Å². The predicted molar refractivity (Wildman–Crippen MR) is 178 cm³/mol. The molecule has 0 saturated carbocycles. The Morgan fingerprint density at radius 2 is 1.62 bits per heavy atom. The molecule has 0 spiro atoms. The summed E-state index contributed by atoms with van der Waals surface area (Å²) in [6, 6.07) is 5.11. The van der Waals surface area contributed by atoms with Gasteiger partial charge in [-0.2, -0.15) is 4.98 Å². The minimum Gasteiger partial charge on any atom is -0.434 e. The zero-order valence-corrected chi connectivity index (χ0v) is 30.5. The van der Waals surface area contributed by atoms with E-state index in [0.29, 0.717) is 27.8 Å². The summed E-state index contributed by atoms with van der Waals surface area (Å²) in [6.07, 6.45) is 6.45. The van der Waals surface area contributed by atoms with E-state index in [1.165, 1.54) is 6.33 Å². The van der Waals surface area contributed by atoms with Crippen molar-refractivity contribution in [1.82, 2.24) is 19.5 Å². The van der Waals surface area contributed by atoms with Gasteiger partial charge in [0.15, 0.2) is 23.1 Å². The fourth-order valence-electron chi connectivity index (χ4n) is 6.44. The van der Waals surface area contributed by atoms with Gasteiger partial charge in [0.1, 0.15) is 31.2 Å². The highest BCUT2D eigenvalue weighted by Crippen LogP contribution is 2.49. The van der Waals surface area contributed by atoms with Crippen LogP contribution < -0.4 is 4.74 Å². The summed E-state index contributed by atoms with van der Waals surface area (Å²) in [4.78, 5) is 13.5. The Hall–Kier alpha value is -2.06. The van der Waals surface area contributed by atoms with Crippen LogP contribution >= 0.6 is 23.2 Å². The maximum atomic E-state index is 7.37. The third kappa shape index (κ3) is 6.19. The van der Waals surface area contributed by atoms with Gasteiger partial charge in [0.05, 0.1) is 23.0 Å². The Balaban J connectivity index is 1.58. The second-order valence-electron chi connectivity index (χ2n) is 12.8. The van der Waals surface area contributed by atoms with E-state index in [1.807, 2.05) is 0 Å². The van der Waals surface area contributed by atoms with Gasteiger partial charge in [0.25, 0.3) is 5.88 Å². The molecule has 2 aliphatic rings. The number of aromatic nitrogens is 4. The molecular formula is C31H42Cl2N4O6Si2. The zero-order chi connectivity index (χ0) is 32.7.